The van der Waals surface area contributed by atoms with Gasteiger partial charge < -0.3 is 20.3 Å². The minimum atomic E-state index is -0.966. The molecule has 7 nitrogen and oxygen atoms in total. The molecule has 8 heteroatoms. The molecule has 0 aliphatic rings. The Morgan fingerprint density at radius 2 is 1.61 bits per heavy atom. The van der Waals surface area contributed by atoms with Gasteiger partial charge in [-0.05, 0) is 82.7 Å². The van der Waals surface area contributed by atoms with E-state index < -0.39 is 23.8 Å². The van der Waals surface area contributed by atoms with Gasteiger partial charge in [-0.3, -0.25) is 9.59 Å². The number of aryl methyl sites for hydroxylation is 4. The third kappa shape index (κ3) is 8.51. The first-order valence-corrected chi connectivity index (χ1v) is 13.8. The number of anilines is 1. The lowest BCUT2D eigenvalue weighted by atomic mass is 9.97. The molecule has 2 aromatic rings. The van der Waals surface area contributed by atoms with Crippen LogP contribution < -0.4 is 10.6 Å². The molecule has 0 heterocycles. The molecule has 3 amide bonds. The Bertz CT molecular complexity index is 1120. The van der Waals surface area contributed by atoms with E-state index in [0.29, 0.717) is 18.5 Å². The average molecular weight is 542 g/mol. The first kappa shape index (κ1) is 31.2. The number of carbonyl (C=O) groups is 3. The molecule has 0 fully saturated rings. The number of para-hydroxylation sites is 1. The van der Waals surface area contributed by atoms with Gasteiger partial charge in [0, 0.05) is 18.0 Å². The Morgan fingerprint density at radius 3 is 2.13 bits per heavy atom. The summed E-state index contributed by atoms with van der Waals surface area (Å²) in [6, 6.07) is 9.75. The molecule has 2 atom stereocenters. The van der Waals surface area contributed by atoms with E-state index in [2.05, 4.69) is 23.3 Å². The minimum Gasteiger partial charge on any atom is -0.444 e. The molecule has 2 rings (SSSR count). The van der Waals surface area contributed by atoms with Gasteiger partial charge in [0.2, 0.25) is 5.91 Å². The van der Waals surface area contributed by atoms with Crippen molar-refractivity contribution in [3.63, 3.8) is 0 Å². The van der Waals surface area contributed by atoms with Crippen LogP contribution in [0.25, 0.3) is 0 Å². The van der Waals surface area contributed by atoms with Crippen molar-refractivity contribution in [1.82, 2.24) is 10.2 Å². The van der Waals surface area contributed by atoms with E-state index in [0.717, 1.165) is 34.4 Å². The lowest BCUT2D eigenvalue weighted by molar-refractivity contribution is -0.140. The Hall–Kier alpha value is -3.00. The molecule has 0 aliphatic heterocycles. The molecule has 0 aliphatic carbocycles. The van der Waals surface area contributed by atoms with E-state index in [9.17, 15) is 14.4 Å². The Kier molecular flexibility index (Phi) is 11.2. The highest BCUT2D eigenvalue weighted by molar-refractivity contribution is 7.80. The van der Waals surface area contributed by atoms with Gasteiger partial charge in [0.1, 0.15) is 17.7 Å². The van der Waals surface area contributed by atoms with Crippen LogP contribution in [-0.4, -0.2) is 46.7 Å². The summed E-state index contributed by atoms with van der Waals surface area (Å²) in [6.07, 6.45) is 0.811. The maximum Gasteiger partial charge on any atom is 0.408 e. The molecule has 2 unspecified atom stereocenters. The zero-order valence-corrected chi connectivity index (χ0v) is 24.9. The van der Waals surface area contributed by atoms with Crippen LogP contribution in [0.4, 0.5) is 10.5 Å². The molecular weight excluding hydrogens is 498 g/mol. The van der Waals surface area contributed by atoms with Crippen LogP contribution in [0.15, 0.2) is 36.4 Å². The van der Waals surface area contributed by atoms with E-state index in [4.69, 9.17) is 4.74 Å². The number of thiol groups is 1. The number of hydrogen-bond donors (Lipinski definition) is 3. The van der Waals surface area contributed by atoms with Crippen molar-refractivity contribution in [3.8, 4) is 0 Å². The average Bonchev–Trinajstić information content (AvgIpc) is 2.83. The van der Waals surface area contributed by atoms with Gasteiger partial charge >= 0.3 is 6.09 Å². The normalized spacial score (nSPS) is 12.9. The fraction of sp³-hybridized carbons (Fsp3) is 0.500. The van der Waals surface area contributed by atoms with Gasteiger partial charge in [0.05, 0.1) is 0 Å². The number of benzene rings is 2. The molecule has 0 bridgehead atoms. The highest BCUT2D eigenvalue weighted by Gasteiger charge is 2.36. The van der Waals surface area contributed by atoms with Crippen molar-refractivity contribution in [2.75, 3.05) is 17.6 Å². The van der Waals surface area contributed by atoms with Crippen molar-refractivity contribution in [3.05, 3.63) is 64.2 Å². The summed E-state index contributed by atoms with van der Waals surface area (Å²) < 4.78 is 5.37. The molecule has 0 saturated heterocycles. The van der Waals surface area contributed by atoms with Crippen LogP contribution in [0.3, 0.4) is 0 Å². The summed E-state index contributed by atoms with van der Waals surface area (Å²) in [5.41, 5.74) is 4.70. The highest BCUT2D eigenvalue weighted by Crippen LogP contribution is 2.28. The molecule has 2 aromatic carbocycles. The summed E-state index contributed by atoms with van der Waals surface area (Å²) in [5.74, 6) is -0.650. The molecule has 208 valence electrons. The topological polar surface area (TPSA) is 87.7 Å². The first-order valence-electron chi connectivity index (χ1n) is 13.1. The van der Waals surface area contributed by atoms with Gasteiger partial charge in [-0.2, -0.15) is 12.6 Å². The zero-order chi connectivity index (χ0) is 28.6. The lowest BCUT2D eigenvalue weighted by Gasteiger charge is -2.34. The van der Waals surface area contributed by atoms with Gasteiger partial charge in [-0.1, -0.05) is 49.7 Å². The smallest absolute Gasteiger partial charge is 0.408 e. The second kappa shape index (κ2) is 13.7. The fourth-order valence-electron chi connectivity index (χ4n) is 4.14. The van der Waals surface area contributed by atoms with E-state index in [-0.39, 0.29) is 17.6 Å². The minimum absolute atomic E-state index is 0.0544. The summed E-state index contributed by atoms with van der Waals surface area (Å²) >= 11 is 4.35. The lowest BCUT2D eigenvalue weighted by Crippen LogP contribution is -2.53. The van der Waals surface area contributed by atoms with Crippen molar-refractivity contribution in [2.24, 2.45) is 0 Å². The number of nitrogens with zero attached hydrogens (tertiary/aromatic N) is 1. The molecule has 0 radical (unpaired) electrons. The number of unbranched alkanes of at least 4 members (excludes halogenated alkanes) is 1. The Morgan fingerprint density at radius 1 is 0.974 bits per heavy atom. The molecule has 0 spiro atoms. The number of ether oxygens (including phenoxy) is 1. The summed E-state index contributed by atoms with van der Waals surface area (Å²) in [7, 11) is 0. The maximum atomic E-state index is 14.0. The van der Waals surface area contributed by atoms with E-state index in [1.807, 2.05) is 71.0 Å². The number of rotatable bonds is 10. The highest BCUT2D eigenvalue weighted by atomic mass is 32.1. The van der Waals surface area contributed by atoms with Crippen LogP contribution in [-0.2, 0) is 14.3 Å². The summed E-state index contributed by atoms with van der Waals surface area (Å²) in [6.45, 7) is 15.5. The summed E-state index contributed by atoms with van der Waals surface area (Å²) in [5, 5.41) is 5.74. The van der Waals surface area contributed by atoms with Gasteiger partial charge in [-0.25, -0.2) is 4.79 Å². The standard InChI is InChI=1S/C30H43N3O4S/c1-9-10-16-33(28(35)24(18-38)31-29(36)37-30(6,7)8)26(23-15-14-19(2)22(5)17-23)27(34)32-25-20(3)12-11-13-21(25)4/h11-15,17,24,26,38H,9-10,16,18H2,1-8H3,(H,31,36)(H,32,34). The van der Waals surface area contributed by atoms with Crippen molar-refractivity contribution >= 4 is 36.2 Å². The number of alkyl carbamates (subject to hydrolysis) is 1. The van der Waals surface area contributed by atoms with Gasteiger partial charge in [0.25, 0.3) is 5.91 Å². The number of carbonyl (C=O) groups excluding carboxylic acids is 3. The number of nitrogens with one attached hydrogen (secondary N) is 2. The number of amides is 3. The van der Waals surface area contributed by atoms with Gasteiger partial charge in [-0.15, -0.1) is 0 Å². The second-order valence-electron chi connectivity index (χ2n) is 10.8. The van der Waals surface area contributed by atoms with Crippen LogP contribution in [0.5, 0.6) is 0 Å². The maximum absolute atomic E-state index is 14.0. The first-order chi connectivity index (χ1) is 17.8. The van der Waals surface area contributed by atoms with Gasteiger partial charge in [0.15, 0.2) is 0 Å². The second-order valence-corrected chi connectivity index (χ2v) is 11.1. The molecule has 0 aromatic heterocycles. The fourth-order valence-corrected chi connectivity index (χ4v) is 4.39. The quantitative estimate of drug-likeness (QED) is 0.320. The van der Waals surface area contributed by atoms with Crippen molar-refractivity contribution in [2.45, 2.75) is 85.9 Å². The van der Waals surface area contributed by atoms with Crippen molar-refractivity contribution in [1.29, 1.82) is 0 Å². The van der Waals surface area contributed by atoms with Crippen LogP contribution in [0, 0.1) is 27.7 Å². The Labute approximate surface area is 233 Å². The third-order valence-electron chi connectivity index (χ3n) is 6.34. The van der Waals surface area contributed by atoms with Crippen molar-refractivity contribution < 1.29 is 19.1 Å². The molecule has 2 N–H and O–H groups in total. The zero-order valence-electron chi connectivity index (χ0n) is 24.0. The third-order valence-corrected chi connectivity index (χ3v) is 6.71. The monoisotopic (exact) mass is 541 g/mol. The molecule has 38 heavy (non-hydrogen) atoms. The van der Waals surface area contributed by atoms with Crippen LogP contribution >= 0.6 is 12.6 Å². The predicted octanol–water partition coefficient (Wildman–Crippen LogP) is 6.05. The van der Waals surface area contributed by atoms with Crippen LogP contribution in [0.2, 0.25) is 0 Å². The van der Waals surface area contributed by atoms with E-state index in [1.165, 1.54) is 0 Å². The van der Waals surface area contributed by atoms with E-state index in [1.54, 1.807) is 25.7 Å². The summed E-state index contributed by atoms with van der Waals surface area (Å²) in [4.78, 5) is 42.1. The molecular formula is C30H43N3O4S. The number of hydrogen-bond acceptors (Lipinski definition) is 5. The van der Waals surface area contributed by atoms with Crippen LogP contribution in [0.1, 0.15) is 74.4 Å². The Balaban J connectivity index is 2.55. The SMILES string of the molecule is CCCCN(C(=O)C(CS)NC(=O)OC(C)(C)C)C(C(=O)Nc1c(C)cccc1C)c1ccc(C)c(C)c1. The van der Waals surface area contributed by atoms with E-state index >= 15 is 0 Å². The molecule has 0 saturated carbocycles. The predicted molar refractivity (Wildman–Crippen MR) is 157 cm³/mol. The largest absolute Gasteiger partial charge is 0.444 e.